The van der Waals surface area contributed by atoms with Crippen molar-refractivity contribution in [3.63, 3.8) is 0 Å². The van der Waals surface area contributed by atoms with Gasteiger partial charge in [0.2, 0.25) is 0 Å². The van der Waals surface area contributed by atoms with Gasteiger partial charge in [0.25, 0.3) is 0 Å². The van der Waals surface area contributed by atoms with Gasteiger partial charge in [0.15, 0.2) is 0 Å². The SMILES string of the molecule is Nc1snc(C2CC2)c1Cl. The van der Waals surface area contributed by atoms with Crippen LogP contribution in [-0.4, -0.2) is 4.37 Å². The van der Waals surface area contributed by atoms with Crippen LogP contribution in [0.3, 0.4) is 0 Å². The quantitative estimate of drug-likeness (QED) is 0.710. The van der Waals surface area contributed by atoms with Gasteiger partial charge in [-0.25, -0.2) is 0 Å². The highest BCUT2D eigenvalue weighted by Gasteiger charge is 2.29. The van der Waals surface area contributed by atoms with Crippen molar-refractivity contribution in [2.45, 2.75) is 18.8 Å². The van der Waals surface area contributed by atoms with E-state index in [9.17, 15) is 0 Å². The van der Waals surface area contributed by atoms with Crippen molar-refractivity contribution < 1.29 is 0 Å². The van der Waals surface area contributed by atoms with Crippen LogP contribution < -0.4 is 5.73 Å². The second kappa shape index (κ2) is 2.10. The van der Waals surface area contributed by atoms with Crippen molar-refractivity contribution in [2.75, 3.05) is 5.73 Å². The summed E-state index contributed by atoms with van der Waals surface area (Å²) < 4.78 is 4.16. The lowest BCUT2D eigenvalue weighted by atomic mass is 10.3. The van der Waals surface area contributed by atoms with E-state index in [-0.39, 0.29) is 0 Å². The second-order valence-electron chi connectivity index (χ2n) is 2.52. The van der Waals surface area contributed by atoms with Crippen molar-refractivity contribution in [3.05, 3.63) is 10.7 Å². The zero-order chi connectivity index (χ0) is 7.14. The molecule has 0 aromatic carbocycles. The van der Waals surface area contributed by atoms with Crippen molar-refractivity contribution in [1.82, 2.24) is 4.37 Å². The zero-order valence-corrected chi connectivity index (χ0v) is 6.87. The van der Waals surface area contributed by atoms with E-state index >= 15 is 0 Å². The molecular weight excluding hydrogens is 168 g/mol. The Labute approximate surface area is 68.2 Å². The van der Waals surface area contributed by atoms with Gasteiger partial charge in [-0.05, 0) is 24.4 Å². The lowest BCUT2D eigenvalue weighted by Crippen LogP contribution is -1.81. The van der Waals surface area contributed by atoms with Gasteiger partial charge in [-0.15, -0.1) is 0 Å². The fraction of sp³-hybridized carbons (Fsp3) is 0.500. The van der Waals surface area contributed by atoms with E-state index in [0.717, 1.165) is 5.69 Å². The largest absolute Gasteiger partial charge is 0.388 e. The van der Waals surface area contributed by atoms with Crippen molar-refractivity contribution >= 4 is 28.1 Å². The summed E-state index contributed by atoms with van der Waals surface area (Å²) in [7, 11) is 0. The van der Waals surface area contributed by atoms with Crippen LogP contribution in [0.4, 0.5) is 5.00 Å². The molecule has 0 saturated heterocycles. The highest BCUT2D eigenvalue weighted by molar-refractivity contribution is 7.10. The third-order valence-corrected chi connectivity index (χ3v) is 2.85. The Hall–Kier alpha value is -0.280. The molecular formula is C6H7ClN2S. The van der Waals surface area contributed by atoms with Gasteiger partial charge in [0.05, 0.1) is 10.7 Å². The molecule has 1 saturated carbocycles. The van der Waals surface area contributed by atoms with Gasteiger partial charge in [-0.2, -0.15) is 4.37 Å². The normalized spacial score (nSPS) is 17.7. The monoisotopic (exact) mass is 174 g/mol. The summed E-state index contributed by atoms with van der Waals surface area (Å²) in [4.78, 5) is 0. The Balaban J connectivity index is 2.40. The Morgan fingerprint density at radius 3 is 2.70 bits per heavy atom. The average molecular weight is 175 g/mol. The van der Waals surface area contributed by atoms with Gasteiger partial charge in [-0.3, -0.25) is 0 Å². The fourth-order valence-electron chi connectivity index (χ4n) is 0.915. The van der Waals surface area contributed by atoms with Crippen LogP contribution in [0.25, 0.3) is 0 Å². The first kappa shape index (κ1) is 6.43. The van der Waals surface area contributed by atoms with E-state index in [4.69, 9.17) is 17.3 Å². The lowest BCUT2D eigenvalue weighted by Gasteiger charge is -1.88. The summed E-state index contributed by atoms with van der Waals surface area (Å²) in [5.41, 5.74) is 6.55. The number of anilines is 1. The summed E-state index contributed by atoms with van der Waals surface area (Å²) >= 11 is 7.16. The topological polar surface area (TPSA) is 38.9 Å². The van der Waals surface area contributed by atoms with Crippen LogP contribution in [0.15, 0.2) is 0 Å². The summed E-state index contributed by atoms with van der Waals surface area (Å²) in [5.74, 6) is 0.612. The predicted octanol–water partition coefficient (Wildman–Crippen LogP) is 2.26. The predicted molar refractivity (Wildman–Crippen MR) is 43.5 cm³/mol. The number of halogens is 1. The molecule has 4 heteroatoms. The first-order valence-electron chi connectivity index (χ1n) is 3.19. The first-order valence-corrected chi connectivity index (χ1v) is 4.34. The molecule has 0 spiro atoms. The smallest absolute Gasteiger partial charge is 0.126 e. The van der Waals surface area contributed by atoms with Gasteiger partial charge in [0.1, 0.15) is 5.00 Å². The van der Waals surface area contributed by atoms with Crippen molar-refractivity contribution in [3.8, 4) is 0 Å². The number of rotatable bonds is 1. The molecule has 0 amide bonds. The van der Waals surface area contributed by atoms with Crippen LogP contribution in [0.2, 0.25) is 5.02 Å². The molecule has 0 atom stereocenters. The molecule has 10 heavy (non-hydrogen) atoms. The van der Waals surface area contributed by atoms with Crippen molar-refractivity contribution in [1.29, 1.82) is 0 Å². The molecule has 0 unspecified atom stereocenters. The van der Waals surface area contributed by atoms with Crippen LogP contribution in [0, 0.1) is 0 Å². The minimum absolute atomic E-state index is 0.612. The highest BCUT2D eigenvalue weighted by Crippen LogP contribution is 2.45. The molecule has 0 radical (unpaired) electrons. The molecule has 1 aromatic rings. The number of nitrogen functional groups attached to an aromatic ring is 1. The van der Waals surface area contributed by atoms with Gasteiger partial charge >= 0.3 is 0 Å². The van der Waals surface area contributed by atoms with Crippen LogP contribution in [0.1, 0.15) is 24.5 Å². The minimum atomic E-state index is 0.612. The third kappa shape index (κ3) is 0.896. The molecule has 2 rings (SSSR count). The van der Waals surface area contributed by atoms with E-state index in [1.807, 2.05) is 0 Å². The first-order chi connectivity index (χ1) is 4.79. The van der Waals surface area contributed by atoms with Crippen LogP contribution >= 0.6 is 23.1 Å². The van der Waals surface area contributed by atoms with E-state index < -0.39 is 0 Å². The highest BCUT2D eigenvalue weighted by atomic mass is 35.5. The summed E-state index contributed by atoms with van der Waals surface area (Å²) in [6.45, 7) is 0. The molecule has 0 aliphatic heterocycles. The molecule has 1 aromatic heterocycles. The summed E-state index contributed by atoms with van der Waals surface area (Å²) in [6.07, 6.45) is 2.45. The standard InChI is InChI=1S/C6H7ClN2S/c7-4-5(3-1-2-3)9-10-6(4)8/h3H,1-2,8H2. The van der Waals surface area contributed by atoms with E-state index in [0.29, 0.717) is 15.9 Å². The number of hydrogen-bond donors (Lipinski definition) is 1. The second-order valence-corrected chi connectivity index (χ2v) is 3.70. The maximum Gasteiger partial charge on any atom is 0.126 e. The molecule has 54 valence electrons. The maximum absolute atomic E-state index is 5.87. The van der Waals surface area contributed by atoms with Crippen LogP contribution in [-0.2, 0) is 0 Å². The minimum Gasteiger partial charge on any atom is -0.388 e. The average Bonchev–Trinajstić information content (AvgIpc) is 2.67. The summed E-state index contributed by atoms with van der Waals surface area (Å²) in [6, 6.07) is 0. The lowest BCUT2D eigenvalue weighted by molar-refractivity contribution is 1.08. The Morgan fingerprint density at radius 2 is 2.30 bits per heavy atom. The maximum atomic E-state index is 5.87. The third-order valence-electron chi connectivity index (χ3n) is 1.65. The molecule has 1 aliphatic rings. The van der Waals surface area contributed by atoms with E-state index in [1.54, 1.807) is 0 Å². The fourth-order valence-corrected chi connectivity index (χ4v) is 1.89. The van der Waals surface area contributed by atoms with E-state index in [1.165, 1.54) is 24.4 Å². The number of nitrogens with zero attached hydrogens (tertiary/aromatic N) is 1. The van der Waals surface area contributed by atoms with E-state index in [2.05, 4.69) is 4.37 Å². The Morgan fingerprint density at radius 1 is 1.60 bits per heavy atom. The van der Waals surface area contributed by atoms with Crippen LogP contribution in [0.5, 0.6) is 0 Å². The summed E-state index contributed by atoms with van der Waals surface area (Å²) in [5, 5.41) is 1.34. The Bertz CT molecular complexity index is 254. The zero-order valence-electron chi connectivity index (χ0n) is 5.30. The molecule has 2 N–H and O–H groups in total. The molecule has 0 bridgehead atoms. The molecule has 1 aliphatic carbocycles. The molecule has 2 nitrogen and oxygen atoms in total. The van der Waals surface area contributed by atoms with Gasteiger partial charge < -0.3 is 5.73 Å². The number of aromatic nitrogens is 1. The number of hydrogen-bond acceptors (Lipinski definition) is 3. The van der Waals surface area contributed by atoms with Gasteiger partial charge in [0, 0.05) is 5.92 Å². The van der Waals surface area contributed by atoms with Crippen molar-refractivity contribution in [2.24, 2.45) is 0 Å². The Kier molecular flexibility index (Phi) is 1.35. The van der Waals surface area contributed by atoms with Gasteiger partial charge in [-0.1, -0.05) is 11.6 Å². The molecule has 1 fully saturated rings. The number of nitrogens with two attached hydrogens (primary N) is 1. The molecule has 1 heterocycles.